The van der Waals surface area contributed by atoms with Crippen LogP contribution in [0.4, 0.5) is 0 Å². The lowest BCUT2D eigenvalue weighted by atomic mass is 10.0. The molecule has 1 amide bonds. The highest BCUT2D eigenvalue weighted by Crippen LogP contribution is 2.25. The van der Waals surface area contributed by atoms with E-state index in [1.165, 1.54) is 17.7 Å². The number of nitrogens with zero attached hydrogens (tertiary/aromatic N) is 4. The molecular weight excluding hydrogens is 418 g/mol. The molecule has 2 aromatic heterocycles. The van der Waals surface area contributed by atoms with Gasteiger partial charge in [-0.1, -0.05) is 23.8 Å². The second-order valence-corrected chi connectivity index (χ2v) is 8.94. The number of hydrogen-bond acceptors (Lipinski definition) is 6. The number of likely N-dealkylation sites (tertiary alicyclic amines) is 1. The maximum atomic E-state index is 13.1. The lowest BCUT2D eigenvalue weighted by Crippen LogP contribution is -2.47. The first-order chi connectivity index (χ1) is 16.1. The first-order valence-electron chi connectivity index (χ1n) is 11.8. The van der Waals surface area contributed by atoms with Gasteiger partial charge in [0, 0.05) is 48.9 Å². The number of fused-ring (bicyclic) bond motifs is 1. The average Bonchev–Trinajstić information content (AvgIpc) is 3.45. The molecule has 0 spiro atoms. The number of piperidine rings is 1. The first-order valence-corrected chi connectivity index (χ1v) is 11.8. The Labute approximate surface area is 193 Å². The van der Waals surface area contributed by atoms with Crippen LogP contribution in [0.25, 0.3) is 11.3 Å². The third-order valence-corrected chi connectivity index (χ3v) is 6.56. The minimum atomic E-state index is -0.187. The van der Waals surface area contributed by atoms with E-state index in [9.17, 15) is 4.79 Å². The van der Waals surface area contributed by atoms with Crippen LogP contribution >= 0.6 is 0 Å². The molecule has 1 saturated heterocycles. The molecule has 8 heteroatoms. The van der Waals surface area contributed by atoms with Crippen LogP contribution in [0.1, 0.15) is 52.8 Å². The van der Waals surface area contributed by atoms with Crippen molar-refractivity contribution in [1.82, 2.24) is 25.0 Å². The van der Waals surface area contributed by atoms with E-state index >= 15 is 0 Å². The number of carbonyl (C=O) groups excluding carboxylic acids is 1. The van der Waals surface area contributed by atoms with Gasteiger partial charge in [-0.25, -0.2) is 4.98 Å². The van der Waals surface area contributed by atoms with Crippen molar-refractivity contribution in [2.45, 2.75) is 58.8 Å². The lowest BCUT2D eigenvalue weighted by molar-refractivity contribution is 0.0894. The molecule has 2 aliphatic rings. The molecule has 174 valence electrons. The monoisotopic (exact) mass is 449 g/mol. The molecule has 0 aliphatic carbocycles. The number of oxazole rings is 1. The molecule has 0 saturated carbocycles. The van der Waals surface area contributed by atoms with E-state index in [-0.39, 0.29) is 11.9 Å². The van der Waals surface area contributed by atoms with Crippen LogP contribution in [0, 0.1) is 6.92 Å². The zero-order chi connectivity index (χ0) is 22.8. The van der Waals surface area contributed by atoms with E-state index in [1.807, 2.05) is 31.2 Å². The number of aromatic nitrogens is 3. The minimum absolute atomic E-state index is 0.0636. The van der Waals surface area contributed by atoms with Gasteiger partial charge in [0.25, 0.3) is 5.91 Å². The van der Waals surface area contributed by atoms with Crippen LogP contribution < -0.4 is 5.32 Å². The number of rotatable bonds is 6. The molecule has 1 atom stereocenters. The largest absolute Gasteiger partial charge is 0.443 e. The second kappa shape index (κ2) is 9.49. The summed E-state index contributed by atoms with van der Waals surface area (Å²) in [4.78, 5) is 19.7. The third-order valence-electron chi connectivity index (χ3n) is 6.56. The summed E-state index contributed by atoms with van der Waals surface area (Å²) in [6.45, 7) is 9.01. The molecular formula is C25H31N5O3. The van der Waals surface area contributed by atoms with E-state index in [4.69, 9.17) is 14.3 Å². The van der Waals surface area contributed by atoms with Crippen molar-refractivity contribution in [2.24, 2.45) is 0 Å². The van der Waals surface area contributed by atoms with E-state index < -0.39 is 0 Å². The standard InChI is InChI=1S/C25H31N5O3/c1-3-30-22-9-11-32-15-20(22)21(28-30)14-29-10-5-8-19(13-29)27-25(31)23-24(33-16-26-23)18-7-4-6-17(2)12-18/h4,6-7,12,16,19H,3,5,8-11,13-15H2,1-2H3,(H,27,31). The van der Waals surface area contributed by atoms with Gasteiger partial charge in [0.2, 0.25) is 0 Å². The highest BCUT2D eigenvalue weighted by atomic mass is 16.5. The van der Waals surface area contributed by atoms with Crippen molar-refractivity contribution in [1.29, 1.82) is 0 Å². The van der Waals surface area contributed by atoms with Crippen molar-refractivity contribution in [3.8, 4) is 11.3 Å². The predicted molar refractivity (Wildman–Crippen MR) is 124 cm³/mol. The Hall–Kier alpha value is -2.97. The Morgan fingerprint density at radius 2 is 2.24 bits per heavy atom. The van der Waals surface area contributed by atoms with Crippen molar-refractivity contribution >= 4 is 5.91 Å². The molecule has 1 fully saturated rings. The van der Waals surface area contributed by atoms with Gasteiger partial charge in [0.1, 0.15) is 0 Å². The lowest BCUT2D eigenvalue weighted by Gasteiger charge is -2.32. The molecule has 33 heavy (non-hydrogen) atoms. The molecule has 1 N–H and O–H groups in total. The maximum absolute atomic E-state index is 13.1. The summed E-state index contributed by atoms with van der Waals surface area (Å²) in [5, 5.41) is 8.06. The number of amides is 1. The minimum Gasteiger partial charge on any atom is -0.443 e. The van der Waals surface area contributed by atoms with Crippen LogP contribution in [-0.2, 0) is 30.9 Å². The SMILES string of the molecule is CCn1nc(CN2CCCC(NC(=O)c3ncoc3-c3cccc(C)c3)C2)c2c1CCOC2. The highest BCUT2D eigenvalue weighted by molar-refractivity contribution is 5.97. The molecule has 0 radical (unpaired) electrons. The number of hydrogen-bond donors (Lipinski definition) is 1. The number of ether oxygens (including phenoxy) is 1. The Kier molecular flexibility index (Phi) is 6.28. The van der Waals surface area contributed by atoms with Crippen LogP contribution in [0.15, 0.2) is 35.1 Å². The third kappa shape index (κ3) is 4.58. The zero-order valence-corrected chi connectivity index (χ0v) is 19.3. The van der Waals surface area contributed by atoms with Crippen LogP contribution in [0.2, 0.25) is 0 Å². The first kappa shape index (κ1) is 21.9. The van der Waals surface area contributed by atoms with Gasteiger partial charge in [0.15, 0.2) is 17.8 Å². The van der Waals surface area contributed by atoms with Gasteiger partial charge in [-0.2, -0.15) is 5.10 Å². The van der Waals surface area contributed by atoms with Crippen molar-refractivity contribution in [3.05, 3.63) is 58.9 Å². The van der Waals surface area contributed by atoms with Crippen molar-refractivity contribution < 1.29 is 13.9 Å². The quantitative estimate of drug-likeness (QED) is 0.621. The zero-order valence-electron chi connectivity index (χ0n) is 19.3. The number of aryl methyl sites for hydroxylation is 2. The summed E-state index contributed by atoms with van der Waals surface area (Å²) in [6, 6.07) is 7.97. The fourth-order valence-electron chi connectivity index (χ4n) is 4.95. The Morgan fingerprint density at radius 3 is 3.09 bits per heavy atom. The van der Waals surface area contributed by atoms with E-state index in [1.54, 1.807) is 0 Å². The van der Waals surface area contributed by atoms with Crippen LogP contribution in [0.3, 0.4) is 0 Å². The summed E-state index contributed by atoms with van der Waals surface area (Å²) in [5.74, 6) is 0.328. The van der Waals surface area contributed by atoms with Gasteiger partial charge in [0.05, 0.1) is 18.9 Å². The molecule has 3 aromatic rings. The summed E-state index contributed by atoms with van der Waals surface area (Å²) in [5.41, 5.74) is 5.98. The van der Waals surface area contributed by atoms with E-state index in [0.29, 0.717) is 18.1 Å². The van der Waals surface area contributed by atoms with Crippen LogP contribution in [-0.4, -0.2) is 51.3 Å². The fraction of sp³-hybridized carbons (Fsp3) is 0.480. The molecule has 5 rings (SSSR count). The van der Waals surface area contributed by atoms with Gasteiger partial charge in [-0.15, -0.1) is 0 Å². The molecule has 4 heterocycles. The van der Waals surface area contributed by atoms with Gasteiger partial charge >= 0.3 is 0 Å². The predicted octanol–water partition coefficient (Wildman–Crippen LogP) is 3.33. The molecule has 0 bridgehead atoms. The van der Waals surface area contributed by atoms with Gasteiger partial charge in [-0.05, 0) is 39.3 Å². The molecule has 1 unspecified atom stereocenters. The number of benzene rings is 1. The second-order valence-electron chi connectivity index (χ2n) is 8.94. The Balaban J connectivity index is 1.26. The summed E-state index contributed by atoms with van der Waals surface area (Å²) >= 11 is 0. The normalized spacial score (nSPS) is 18.8. The average molecular weight is 450 g/mol. The smallest absolute Gasteiger partial charge is 0.274 e. The van der Waals surface area contributed by atoms with Crippen LogP contribution in [0.5, 0.6) is 0 Å². The summed E-state index contributed by atoms with van der Waals surface area (Å²) in [7, 11) is 0. The van der Waals surface area contributed by atoms with Gasteiger partial charge < -0.3 is 14.5 Å². The maximum Gasteiger partial charge on any atom is 0.274 e. The Bertz CT molecular complexity index is 1140. The van der Waals surface area contributed by atoms with E-state index in [2.05, 4.69) is 26.8 Å². The van der Waals surface area contributed by atoms with Crippen molar-refractivity contribution in [3.63, 3.8) is 0 Å². The number of nitrogens with one attached hydrogen (secondary N) is 1. The molecule has 8 nitrogen and oxygen atoms in total. The molecule has 2 aliphatic heterocycles. The summed E-state index contributed by atoms with van der Waals surface area (Å²) < 4.78 is 13.4. The van der Waals surface area contributed by atoms with E-state index in [0.717, 1.165) is 68.9 Å². The van der Waals surface area contributed by atoms with Gasteiger partial charge in [-0.3, -0.25) is 14.4 Å². The number of carbonyl (C=O) groups is 1. The van der Waals surface area contributed by atoms with Crippen molar-refractivity contribution in [2.75, 3.05) is 19.7 Å². The fourth-order valence-corrected chi connectivity index (χ4v) is 4.95. The summed E-state index contributed by atoms with van der Waals surface area (Å²) in [6.07, 6.45) is 4.25. The molecule has 1 aromatic carbocycles. The topological polar surface area (TPSA) is 85.4 Å². The highest BCUT2D eigenvalue weighted by Gasteiger charge is 2.27. The Morgan fingerprint density at radius 1 is 1.33 bits per heavy atom.